The van der Waals surface area contributed by atoms with Gasteiger partial charge in [0.15, 0.2) is 11.5 Å². The second kappa shape index (κ2) is 5.80. The zero-order valence-corrected chi connectivity index (χ0v) is 12.1. The maximum atomic E-state index is 6.04. The molecule has 0 aliphatic heterocycles. The fourth-order valence-electron chi connectivity index (χ4n) is 2.19. The molecule has 1 aliphatic carbocycles. The van der Waals surface area contributed by atoms with E-state index in [1.54, 1.807) is 14.2 Å². The second-order valence-corrected chi connectivity index (χ2v) is 5.42. The van der Waals surface area contributed by atoms with Gasteiger partial charge in [0.1, 0.15) is 0 Å². The Morgan fingerprint density at radius 2 is 1.84 bits per heavy atom. The quantitative estimate of drug-likeness (QED) is 0.735. The molecule has 4 heteroatoms. The molecule has 1 fully saturated rings. The molecule has 0 aromatic heterocycles. The monoisotopic (exact) mass is 264 g/mol. The highest BCUT2D eigenvalue weighted by molar-refractivity contribution is 5.47. The lowest BCUT2D eigenvalue weighted by Gasteiger charge is -2.14. The van der Waals surface area contributed by atoms with Crippen LogP contribution in [0.25, 0.3) is 0 Å². The zero-order valence-electron chi connectivity index (χ0n) is 12.1. The molecule has 1 aromatic rings. The summed E-state index contributed by atoms with van der Waals surface area (Å²) in [6.07, 6.45) is 3.27. The summed E-state index contributed by atoms with van der Waals surface area (Å²) < 4.78 is 10.6. The van der Waals surface area contributed by atoms with Crippen LogP contribution in [0.1, 0.15) is 24.0 Å². The van der Waals surface area contributed by atoms with Gasteiger partial charge in [-0.1, -0.05) is 0 Å². The Labute approximate surface area is 115 Å². The number of rotatable bonds is 7. The van der Waals surface area contributed by atoms with Gasteiger partial charge in [0.2, 0.25) is 0 Å². The molecule has 3 N–H and O–H groups in total. The SMILES string of the molecule is COc1cc(C)c(CCNCC2(N)CC2)cc1OC. The minimum Gasteiger partial charge on any atom is -0.493 e. The highest BCUT2D eigenvalue weighted by atomic mass is 16.5. The van der Waals surface area contributed by atoms with Gasteiger partial charge < -0.3 is 20.5 Å². The Bertz CT molecular complexity index is 442. The highest BCUT2D eigenvalue weighted by Crippen LogP contribution is 2.31. The van der Waals surface area contributed by atoms with E-state index < -0.39 is 0 Å². The molecule has 1 aromatic carbocycles. The van der Waals surface area contributed by atoms with E-state index in [-0.39, 0.29) is 5.54 Å². The minimum absolute atomic E-state index is 0.0760. The minimum atomic E-state index is 0.0760. The summed E-state index contributed by atoms with van der Waals surface area (Å²) in [7, 11) is 3.33. The Kier molecular flexibility index (Phi) is 4.32. The molecule has 4 nitrogen and oxygen atoms in total. The summed E-state index contributed by atoms with van der Waals surface area (Å²) in [5.74, 6) is 1.58. The van der Waals surface area contributed by atoms with Crippen LogP contribution in [0.3, 0.4) is 0 Å². The largest absolute Gasteiger partial charge is 0.493 e. The first-order chi connectivity index (χ1) is 9.08. The summed E-state index contributed by atoms with van der Waals surface area (Å²) in [5, 5.41) is 3.43. The van der Waals surface area contributed by atoms with Gasteiger partial charge in [0, 0.05) is 12.1 Å². The number of hydrogen-bond acceptors (Lipinski definition) is 4. The van der Waals surface area contributed by atoms with Crippen molar-refractivity contribution in [3.8, 4) is 11.5 Å². The van der Waals surface area contributed by atoms with Crippen molar-refractivity contribution in [2.45, 2.75) is 31.7 Å². The Hall–Kier alpha value is -1.26. The van der Waals surface area contributed by atoms with Gasteiger partial charge in [0.05, 0.1) is 14.2 Å². The molecular formula is C15H24N2O2. The van der Waals surface area contributed by atoms with Crippen molar-refractivity contribution in [3.63, 3.8) is 0 Å². The van der Waals surface area contributed by atoms with Crippen LogP contribution in [-0.2, 0) is 6.42 Å². The third kappa shape index (κ3) is 3.61. The lowest BCUT2D eigenvalue weighted by Crippen LogP contribution is -2.36. The average Bonchev–Trinajstić information content (AvgIpc) is 3.14. The lowest BCUT2D eigenvalue weighted by atomic mass is 10.0. The van der Waals surface area contributed by atoms with Crippen LogP contribution < -0.4 is 20.5 Å². The van der Waals surface area contributed by atoms with Crippen LogP contribution in [-0.4, -0.2) is 32.8 Å². The fraction of sp³-hybridized carbons (Fsp3) is 0.600. The average molecular weight is 264 g/mol. The zero-order chi connectivity index (χ0) is 13.9. The van der Waals surface area contributed by atoms with E-state index in [2.05, 4.69) is 18.3 Å². The molecule has 0 amide bonds. The third-order valence-corrected chi connectivity index (χ3v) is 3.78. The number of aryl methyl sites for hydroxylation is 1. The summed E-state index contributed by atoms with van der Waals surface area (Å²) >= 11 is 0. The number of benzene rings is 1. The summed E-state index contributed by atoms with van der Waals surface area (Å²) in [6.45, 7) is 3.96. The van der Waals surface area contributed by atoms with E-state index in [1.165, 1.54) is 11.1 Å². The van der Waals surface area contributed by atoms with Crippen molar-refractivity contribution < 1.29 is 9.47 Å². The standard InChI is InChI=1S/C15H24N2O2/c1-11-8-13(18-2)14(19-3)9-12(11)4-7-17-10-15(16)5-6-15/h8-9,17H,4-7,10,16H2,1-3H3. The van der Waals surface area contributed by atoms with Gasteiger partial charge in [0.25, 0.3) is 0 Å². The van der Waals surface area contributed by atoms with Crippen molar-refractivity contribution in [2.75, 3.05) is 27.3 Å². The van der Waals surface area contributed by atoms with Crippen LogP contribution in [0.2, 0.25) is 0 Å². The Balaban J connectivity index is 1.91. The fourth-order valence-corrected chi connectivity index (χ4v) is 2.19. The van der Waals surface area contributed by atoms with Crippen molar-refractivity contribution in [3.05, 3.63) is 23.3 Å². The maximum absolute atomic E-state index is 6.04. The van der Waals surface area contributed by atoms with Gasteiger partial charge in [-0.25, -0.2) is 0 Å². The van der Waals surface area contributed by atoms with Crippen LogP contribution >= 0.6 is 0 Å². The normalized spacial score (nSPS) is 16.2. The molecule has 2 rings (SSSR count). The van der Waals surface area contributed by atoms with Crippen LogP contribution in [0.4, 0.5) is 0 Å². The molecule has 0 heterocycles. The van der Waals surface area contributed by atoms with Gasteiger partial charge >= 0.3 is 0 Å². The van der Waals surface area contributed by atoms with Gasteiger partial charge in [-0.05, 0) is 56.0 Å². The van der Waals surface area contributed by atoms with E-state index in [1.807, 2.05) is 6.07 Å². The molecule has 0 unspecified atom stereocenters. The molecular weight excluding hydrogens is 240 g/mol. The number of methoxy groups -OCH3 is 2. The van der Waals surface area contributed by atoms with E-state index in [0.717, 1.165) is 43.9 Å². The van der Waals surface area contributed by atoms with E-state index in [9.17, 15) is 0 Å². The Morgan fingerprint density at radius 1 is 1.21 bits per heavy atom. The van der Waals surface area contributed by atoms with Crippen LogP contribution in [0.15, 0.2) is 12.1 Å². The molecule has 0 radical (unpaired) electrons. The van der Waals surface area contributed by atoms with Crippen LogP contribution in [0, 0.1) is 6.92 Å². The topological polar surface area (TPSA) is 56.5 Å². The number of hydrogen-bond donors (Lipinski definition) is 2. The molecule has 1 aliphatic rings. The summed E-state index contributed by atoms with van der Waals surface area (Å²) in [5.41, 5.74) is 8.63. The second-order valence-electron chi connectivity index (χ2n) is 5.42. The van der Waals surface area contributed by atoms with Gasteiger partial charge in [-0.15, -0.1) is 0 Å². The van der Waals surface area contributed by atoms with Gasteiger partial charge in [-0.3, -0.25) is 0 Å². The summed E-state index contributed by atoms with van der Waals surface area (Å²) in [6, 6.07) is 4.09. The van der Waals surface area contributed by atoms with Crippen molar-refractivity contribution in [1.29, 1.82) is 0 Å². The van der Waals surface area contributed by atoms with Gasteiger partial charge in [-0.2, -0.15) is 0 Å². The van der Waals surface area contributed by atoms with E-state index in [0.29, 0.717) is 0 Å². The first kappa shape index (κ1) is 14.2. The summed E-state index contributed by atoms with van der Waals surface area (Å²) in [4.78, 5) is 0. The van der Waals surface area contributed by atoms with E-state index >= 15 is 0 Å². The van der Waals surface area contributed by atoms with Crippen molar-refractivity contribution in [1.82, 2.24) is 5.32 Å². The molecule has 0 atom stereocenters. The number of nitrogens with two attached hydrogens (primary N) is 1. The Morgan fingerprint density at radius 3 is 2.42 bits per heavy atom. The third-order valence-electron chi connectivity index (χ3n) is 3.78. The van der Waals surface area contributed by atoms with Crippen molar-refractivity contribution in [2.24, 2.45) is 5.73 Å². The number of nitrogens with one attached hydrogen (secondary N) is 1. The molecule has 1 saturated carbocycles. The van der Waals surface area contributed by atoms with E-state index in [4.69, 9.17) is 15.2 Å². The smallest absolute Gasteiger partial charge is 0.161 e. The first-order valence-electron chi connectivity index (χ1n) is 6.79. The van der Waals surface area contributed by atoms with Crippen LogP contribution in [0.5, 0.6) is 11.5 Å². The predicted molar refractivity (Wildman–Crippen MR) is 77.0 cm³/mol. The molecule has 0 saturated heterocycles. The maximum Gasteiger partial charge on any atom is 0.161 e. The molecule has 19 heavy (non-hydrogen) atoms. The molecule has 106 valence electrons. The first-order valence-corrected chi connectivity index (χ1v) is 6.79. The lowest BCUT2D eigenvalue weighted by molar-refractivity contribution is 0.354. The predicted octanol–water partition coefficient (Wildman–Crippen LogP) is 1.64. The molecule has 0 spiro atoms. The highest BCUT2D eigenvalue weighted by Gasteiger charge is 2.37. The molecule has 0 bridgehead atoms. The number of ether oxygens (including phenoxy) is 2. The van der Waals surface area contributed by atoms with Crippen molar-refractivity contribution >= 4 is 0 Å².